The van der Waals surface area contributed by atoms with E-state index in [1.165, 1.54) is 6.20 Å². The zero-order valence-electron chi connectivity index (χ0n) is 15.0. The van der Waals surface area contributed by atoms with E-state index in [1.807, 2.05) is 38.4 Å². The van der Waals surface area contributed by atoms with Gasteiger partial charge in [-0.1, -0.05) is 18.2 Å². The highest BCUT2D eigenvalue weighted by atomic mass is 16.5. The number of para-hydroxylation sites is 1. The number of carbonyl (C=O) groups is 1. The van der Waals surface area contributed by atoms with Crippen LogP contribution in [0.3, 0.4) is 0 Å². The minimum Gasteiger partial charge on any atom is -0.496 e. The summed E-state index contributed by atoms with van der Waals surface area (Å²) in [5.41, 5.74) is 1.36. The van der Waals surface area contributed by atoms with E-state index in [2.05, 4.69) is 25.5 Å². The van der Waals surface area contributed by atoms with Gasteiger partial charge in [-0.15, -0.1) is 0 Å². The first kappa shape index (κ1) is 18.7. The van der Waals surface area contributed by atoms with E-state index in [1.54, 1.807) is 13.3 Å². The molecular weight excluding hydrogens is 318 g/mol. The van der Waals surface area contributed by atoms with E-state index in [0.29, 0.717) is 24.5 Å². The van der Waals surface area contributed by atoms with Crippen molar-refractivity contribution in [2.45, 2.75) is 6.42 Å². The van der Waals surface area contributed by atoms with Crippen LogP contribution >= 0.6 is 0 Å². The van der Waals surface area contributed by atoms with Crippen LogP contribution in [0.4, 0.5) is 5.82 Å². The van der Waals surface area contributed by atoms with E-state index in [4.69, 9.17) is 4.74 Å². The molecule has 2 N–H and O–H groups in total. The molecule has 0 spiro atoms. The molecule has 0 unspecified atom stereocenters. The highest BCUT2D eigenvalue weighted by Gasteiger charge is 2.08. The second-order valence-electron chi connectivity index (χ2n) is 5.83. The highest BCUT2D eigenvalue weighted by Crippen LogP contribution is 2.17. The molecule has 0 saturated carbocycles. The van der Waals surface area contributed by atoms with Crippen LogP contribution in [0.25, 0.3) is 0 Å². The van der Waals surface area contributed by atoms with Gasteiger partial charge in [0.1, 0.15) is 17.3 Å². The fourth-order valence-corrected chi connectivity index (χ4v) is 2.25. The van der Waals surface area contributed by atoms with Crippen LogP contribution in [0, 0.1) is 0 Å². The number of methoxy groups -OCH3 is 1. The zero-order chi connectivity index (χ0) is 18.1. The zero-order valence-corrected chi connectivity index (χ0v) is 15.0. The maximum Gasteiger partial charge on any atom is 0.271 e. The lowest BCUT2D eigenvalue weighted by Crippen LogP contribution is -2.27. The van der Waals surface area contributed by atoms with E-state index in [9.17, 15) is 4.79 Å². The lowest BCUT2D eigenvalue weighted by atomic mass is 10.1. The molecule has 2 aromatic rings. The molecule has 0 aliphatic rings. The van der Waals surface area contributed by atoms with Gasteiger partial charge in [-0.25, -0.2) is 9.97 Å². The van der Waals surface area contributed by atoms with Crippen molar-refractivity contribution < 1.29 is 9.53 Å². The number of carbonyl (C=O) groups excluding carboxylic acids is 1. The summed E-state index contributed by atoms with van der Waals surface area (Å²) in [4.78, 5) is 22.6. The molecule has 7 nitrogen and oxygen atoms in total. The smallest absolute Gasteiger partial charge is 0.271 e. The van der Waals surface area contributed by atoms with Crippen molar-refractivity contribution in [1.29, 1.82) is 0 Å². The summed E-state index contributed by atoms with van der Waals surface area (Å²) in [6.07, 6.45) is 3.74. The number of hydrogen-bond acceptors (Lipinski definition) is 6. The second kappa shape index (κ2) is 9.58. The minimum absolute atomic E-state index is 0.234. The standard InChI is InChI=1S/C18H25N5O2/c1-23(2)11-10-19-17-13-21-15(12-22-17)18(24)20-9-8-14-6-4-5-7-16(14)25-3/h4-7,12-13H,8-11H2,1-3H3,(H,19,22)(H,20,24). The summed E-state index contributed by atoms with van der Waals surface area (Å²) in [6, 6.07) is 7.77. The molecule has 0 aliphatic heterocycles. The summed E-state index contributed by atoms with van der Waals surface area (Å²) in [5, 5.41) is 6.01. The van der Waals surface area contributed by atoms with Gasteiger partial charge in [-0.3, -0.25) is 4.79 Å². The summed E-state index contributed by atoms with van der Waals surface area (Å²) in [6.45, 7) is 2.17. The molecule has 1 amide bonds. The third-order valence-electron chi connectivity index (χ3n) is 3.62. The van der Waals surface area contributed by atoms with E-state index < -0.39 is 0 Å². The number of aromatic nitrogens is 2. The molecule has 0 atom stereocenters. The van der Waals surface area contributed by atoms with Crippen molar-refractivity contribution in [3.05, 3.63) is 47.9 Å². The van der Waals surface area contributed by atoms with Gasteiger partial charge in [0.05, 0.1) is 19.5 Å². The van der Waals surface area contributed by atoms with Crippen molar-refractivity contribution in [2.75, 3.05) is 46.2 Å². The Morgan fingerprint density at radius 1 is 1.16 bits per heavy atom. The topological polar surface area (TPSA) is 79.4 Å². The number of amides is 1. The molecule has 25 heavy (non-hydrogen) atoms. The van der Waals surface area contributed by atoms with Crippen LogP contribution in [-0.2, 0) is 6.42 Å². The maximum atomic E-state index is 12.1. The third kappa shape index (κ3) is 6.04. The van der Waals surface area contributed by atoms with Gasteiger partial charge < -0.3 is 20.3 Å². The molecule has 1 heterocycles. The van der Waals surface area contributed by atoms with Gasteiger partial charge in [0.2, 0.25) is 0 Å². The predicted molar refractivity (Wildman–Crippen MR) is 98.1 cm³/mol. The first-order chi connectivity index (χ1) is 12.1. The van der Waals surface area contributed by atoms with Crippen molar-refractivity contribution in [3.8, 4) is 5.75 Å². The van der Waals surface area contributed by atoms with Crippen LogP contribution in [-0.4, -0.2) is 61.6 Å². The first-order valence-electron chi connectivity index (χ1n) is 8.21. The van der Waals surface area contributed by atoms with Gasteiger partial charge in [-0.2, -0.15) is 0 Å². The quantitative estimate of drug-likeness (QED) is 0.717. The number of ether oxygens (including phenoxy) is 1. The largest absolute Gasteiger partial charge is 0.496 e. The Bertz CT molecular complexity index is 673. The number of benzene rings is 1. The molecule has 0 saturated heterocycles. The van der Waals surface area contributed by atoms with Gasteiger partial charge in [0, 0.05) is 19.6 Å². The van der Waals surface area contributed by atoms with E-state index in [-0.39, 0.29) is 5.91 Å². The fraction of sp³-hybridized carbons (Fsp3) is 0.389. The molecule has 1 aromatic carbocycles. The number of rotatable bonds is 9. The number of nitrogens with zero attached hydrogens (tertiary/aromatic N) is 3. The van der Waals surface area contributed by atoms with Crippen LogP contribution in [0.1, 0.15) is 16.1 Å². The van der Waals surface area contributed by atoms with Crippen LogP contribution < -0.4 is 15.4 Å². The highest BCUT2D eigenvalue weighted by molar-refractivity contribution is 5.92. The maximum absolute atomic E-state index is 12.1. The first-order valence-corrected chi connectivity index (χ1v) is 8.21. The Morgan fingerprint density at radius 3 is 2.64 bits per heavy atom. The summed E-state index contributed by atoms with van der Waals surface area (Å²) in [5.74, 6) is 1.25. The monoisotopic (exact) mass is 343 g/mol. The number of nitrogens with one attached hydrogen (secondary N) is 2. The Balaban J connectivity index is 1.80. The van der Waals surface area contributed by atoms with Gasteiger partial charge in [0.15, 0.2) is 0 Å². The van der Waals surface area contributed by atoms with Crippen molar-refractivity contribution in [2.24, 2.45) is 0 Å². The van der Waals surface area contributed by atoms with Crippen molar-refractivity contribution >= 4 is 11.7 Å². The normalized spacial score (nSPS) is 10.6. The van der Waals surface area contributed by atoms with Gasteiger partial charge in [0.25, 0.3) is 5.91 Å². The van der Waals surface area contributed by atoms with E-state index >= 15 is 0 Å². The Hall–Kier alpha value is -2.67. The van der Waals surface area contributed by atoms with Crippen molar-refractivity contribution in [3.63, 3.8) is 0 Å². The molecule has 0 bridgehead atoms. The molecule has 0 radical (unpaired) electrons. The molecule has 0 aliphatic carbocycles. The summed E-state index contributed by atoms with van der Waals surface area (Å²) in [7, 11) is 5.65. The molecule has 2 rings (SSSR count). The summed E-state index contributed by atoms with van der Waals surface area (Å²) >= 11 is 0. The number of anilines is 1. The lowest BCUT2D eigenvalue weighted by molar-refractivity contribution is 0.0948. The summed E-state index contributed by atoms with van der Waals surface area (Å²) < 4.78 is 5.30. The average molecular weight is 343 g/mol. The fourth-order valence-electron chi connectivity index (χ4n) is 2.25. The minimum atomic E-state index is -0.234. The Kier molecular flexibility index (Phi) is 7.16. The van der Waals surface area contributed by atoms with Gasteiger partial charge in [-0.05, 0) is 32.1 Å². The van der Waals surface area contributed by atoms with E-state index in [0.717, 1.165) is 24.4 Å². The number of likely N-dealkylation sites (N-methyl/N-ethyl adjacent to an activating group) is 1. The predicted octanol–water partition coefficient (Wildman–Crippen LogP) is 1.43. The third-order valence-corrected chi connectivity index (χ3v) is 3.62. The molecular formula is C18H25N5O2. The second-order valence-corrected chi connectivity index (χ2v) is 5.83. The Labute approximate surface area is 148 Å². The molecule has 7 heteroatoms. The molecule has 0 fully saturated rings. The average Bonchev–Trinajstić information content (AvgIpc) is 2.62. The molecule has 1 aromatic heterocycles. The van der Waals surface area contributed by atoms with Crippen LogP contribution in [0.2, 0.25) is 0 Å². The van der Waals surface area contributed by atoms with Crippen molar-refractivity contribution in [1.82, 2.24) is 20.2 Å². The van der Waals surface area contributed by atoms with Crippen LogP contribution in [0.15, 0.2) is 36.7 Å². The van der Waals surface area contributed by atoms with Gasteiger partial charge >= 0.3 is 0 Å². The SMILES string of the molecule is COc1ccccc1CCNC(=O)c1cnc(NCCN(C)C)cn1. The number of hydrogen-bond donors (Lipinski definition) is 2. The van der Waals surface area contributed by atoms with Crippen LogP contribution in [0.5, 0.6) is 5.75 Å². The molecule has 134 valence electrons. The Morgan fingerprint density at radius 2 is 1.96 bits per heavy atom. The lowest BCUT2D eigenvalue weighted by Gasteiger charge is -2.11.